The second-order valence-corrected chi connectivity index (χ2v) is 8.39. The van der Waals surface area contributed by atoms with Gasteiger partial charge >= 0.3 is 0 Å². The Bertz CT molecular complexity index is 1530. The van der Waals surface area contributed by atoms with Gasteiger partial charge in [0.15, 0.2) is 0 Å². The number of allylic oxidation sites excluding steroid dienone is 2. The first kappa shape index (κ1) is 22.7. The van der Waals surface area contributed by atoms with Gasteiger partial charge in [0.1, 0.15) is 23.3 Å². The summed E-state index contributed by atoms with van der Waals surface area (Å²) in [6, 6.07) is 19.3. The van der Waals surface area contributed by atoms with Crippen LogP contribution < -0.4 is 15.4 Å². The highest BCUT2D eigenvalue weighted by atomic mass is 16.5. The van der Waals surface area contributed by atoms with Crippen molar-refractivity contribution in [3.63, 3.8) is 0 Å². The summed E-state index contributed by atoms with van der Waals surface area (Å²) in [4.78, 5) is 14.8. The highest BCUT2D eigenvalue weighted by Crippen LogP contribution is 2.33. The number of aryl methyl sites for hydroxylation is 1. The zero-order valence-corrected chi connectivity index (χ0v) is 19.9. The molecule has 5 rings (SSSR count). The molecule has 1 aliphatic rings. The average Bonchev–Trinajstić information content (AvgIpc) is 3.21. The predicted molar refractivity (Wildman–Crippen MR) is 139 cm³/mol. The Morgan fingerprint density at radius 2 is 1.86 bits per heavy atom. The molecule has 2 aromatic carbocycles. The van der Waals surface area contributed by atoms with E-state index < -0.39 is 0 Å². The fourth-order valence-corrected chi connectivity index (χ4v) is 4.04. The van der Waals surface area contributed by atoms with Gasteiger partial charge in [0.25, 0.3) is 5.91 Å². The number of hydrogen-bond donors (Lipinski definition) is 2. The number of nitrogens with zero attached hydrogens (tertiary/aromatic N) is 4. The summed E-state index contributed by atoms with van der Waals surface area (Å²) in [6.45, 7) is 2.57. The van der Waals surface area contributed by atoms with Crippen LogP contribution in [0.2, 0.25) is 0 Å². The van der Waals surface area contributed by atoms with Gasteiger partial charge < -0.3 is 20.3 Å². The van der Waals surface area contributed by atoms with Crippen molar-refractivity contribution in [3.05, 3.63) is 102 Å². The van der Waals surface area contributed by atoms with Crippen LogP contribution in [0.25, 0.3) is 5.52 Å². The molecule has 0 saturated heterocycles. The first-order valence-electron chi connectivity index (χ1n) is 11.4. The Morgan fingerprint density at radius 1 is 1.11 bits per heavy atom. The number of fused-ring (bicyclic) bond motifs is 1. The van der Waals surface area contributed by atoms with Crippen molar-refractivity contribution in [1.29, 1.82) is 5.26 Å². The van der Waals surface area contributed by atoms with Gasteiger partial charge in [-0.05, 0) is 49.4 Å². The fourth-order valence-electron chi connectivity index (χ4n) is 4.04. The molecule has 0 aliphatic carbocycles. The lowest BCUT2D eigenvalue weighted by atomic mass is 10.1. The van der Waals surface area contributed by atoms with E-state index in [9.17, 15) is 10.1 Å². The number of nitriles is 1. The maximum atomic E-state index is 12.9. The van der Waals surface area contributed by atoms with Crippen molar-refractivity contribution in [2.45, 2.75) is 6.92 Å². The number of anilines is 3. The van der Waals surface area contributed by atoms with Gasteiger partial charge in [0, 0.05) is 24.8 Å². The third kappa shape index (κ3) is 4.50. The first-order chi connectivity index (χ1) is 17.5. The Morgan fingerprint density at radius 3 is 2.58 bits per heavy atom. The fraction of sp³-hybridized carbons (Fsp3) is 0.107. The number of hydrogen-bond acceptors (Lipinski definition) is 6. The van der Waals surface area contributed by atoms with E-state index in [4.69, 9.17) is 4.74 Å². The van der Waals surface area contributed by atoms with Gasteiger partial charge in [-0.3, -0.25) is 4.79 Å². The van der Waals surface area contributed by atoms with Crippen LogP contribution in [0.4, 0.5) is 17.1 Å². The molecule has 0 atom stereocenters. The summed E-state index contributed by atoms with van der Waals surface area (Å²) in [5.41, 5.74) is 4.50. The Labute approximate surface area is 208 Å². The molecule has 36 heavy (non-hydrogen) atoms. The van der Waals surface area contributed by atoms with Crippen molar-refractivity contribution in [2.75, 3.05) is 24.2 Å². The van der Waals surface area contributed by atoms with Crippen molar-refractivity contribution in [1.82, 2.24) is 14.5 Å². The molecular weight excluding hydrogens is 452 g/mol. The molecule has 0 bridgehead atoms. The molecule has 0 unspecified atom stereocenters. The Hall–Kier alpha value is -5.03. The largest absolute Gasteiger partial charge is 0.457 e. The van der Waals surface area contributed by atoms with Gasteiger partial charge in [-0.15, -0.1) is 0 Å². The zero-order valence-electron chi connectivity index (χ0n) is 19.9. The van der Waals surface area contributed by atoms with Gasteiger partial charge in [0.05, 0.1) is 34.8 Å². The number of nitrogens with one attached hydrogen (secondary N) is 2. The molecule has 4 aromatic rings. The highest BCUT2D eigenvalue weighted by molar-refractivity contribution is 6.05. The molecule has 0 saturated carbocycles. The monoisotopic (exact) mass is 476 g/mol. The smallest absolute Gasteiger partial charge is 0.271 e. The number of rotatable bonds is 6. The molecule has 2 N–H and O–H groups in total. The minimum absolute atomic E-state index is 0.204. The van der Waals surface area contributed by atoms with Gasteiger partial charge in [-0.25, -0.2) is 4.52 Å². The molecule has 178 valence electrons. The minimum Gasteiger partial charge on any atom is -0.457 e. The highest BCUT2D eigenvalue weighted by Gasteiger charge is 2.20. The van der Waals surface area contributed by atoms with Crippen molar-refractivity contribution in [3.8, 4) is 17.6 Å². The molecular formula is C28H24N6O2. The summed E-state index contributed by atoms with van der Waals surface area (Å²) in [6.07, 6.45) is 8.91. The van der Waals surface area contributed by atoms with Crippen LogP contribution in [0, 0.1) is 18.3 Å². The van der Waals surface area contributed by atoms with E-state index in [1.165, 1.54) is 6.20 Å². The van der Waals surface area contributed by atoms with Crippen LogP contribution in [-0.4, -0.2) is 34.0 Å². The second kappa shape index (κ2) is 9.68. The maximum absolute atomic E-state index is 12.9. The SMILES string of the molecule is Cc1c(NC(=O)C2=CC=CCN2C)cn2ncc(C#N)c(Nc3ccc(Oc4ccccc4)cc3)c12. The van der Waals surface area contributed by atoms with Crippen molar-refractivity contribution >= 4 is 28.5 Å². The van der Waals surface area contributed by atoms with Crippen molar-refractivity contribution in [2.24, 2.45) is 0 Å². The van der Waals surface area contributed by atoms with Crippen LogP contribution >= 0.6 is 0 Å². The molecule has 0 radical (unpaired) electrons. The number of aromatic nitrogens is 2. The van der Waals surface area contributed by atoms with Gasteiger partial charge in [0.2, 0.25) is 0 Å². The van der Waals surface area contributed by atoms with Crippen LogP contribution in [0.15, 0.2) is 90.9 Å². The van der Waals surface area contributed by atoms with E-state index in [0.717, 1.165) is 17.0 Å². The van der Waals surface area contributed by atoms with E-state index in [1.807, 2.05) is 85.6 Å². The summed E-state index contributed by atoms with van der Waals surface area (Å²) in [5, 5.41) is 20.5. The third-order valence-electron chi connectivity index (χ3n) is 5.94. The molecule has 8 heteroatoms. The standard InChI is InChI=1S/C28H24N6O2/c1-19-24(32-28(35)25-10-6-7-15-33(25)2)18-34-27(19)26(20(16-29)17-30-34)31-21-11-13-23(14-12-21)36-22-8-4-3-5-9-22/h3-14,17-18,31H,15H2,1-2H3,(H,32,35). The second-order valence-electron chi connectivity index (χ2n) is 8.39. The summed E-state index contributed by atoms with van der Waals surface area (Å²) in [5.74, 6) is 1.25. The lowest BCUT2D eigenvalue weighted by Gasteiger charge is -2.22. The molecule has 0 spiro atoms. The first-order valence-corrected chi connectivity index (χ1v) is 11.4. The van der Waals surface area contributed by atoms with Crippen LogP contribution in [-0.2, 0) is 4.79 Å². The van der Waals surface area contributed by atoms with Crippen molar-refractivity contribution < 1.29 is 9.53 Å². The topological polar surface area (TPSA) is 94.7 Å². The summed E-state index contributed by atoms with van der Waals surface area (Å²) in [7, 11) is 1.87. The molecule has 3 heterocycles. The molecule has 8 nitrogen and oxygen atoms in total. The number of benzene rings is 2. The minimum atomic E-state index is -0.204. The number of ether oxygens (including phenoxy) is 1. The maximum Gasteiger partial charge on any atom is 0.271 e. The number of carbonyl (C=O) groups excluding carboxylic acids is 1. The molecule has 1 amide bonds. The average molecular weight is 477 g/mol. The predicted octanol–water partition coefficient (Wildman–Crippen LogP) is 5.37. The van der Waals surface area contributed by atoms with Crippen LogP contribution in [0.3, 0.4) is 0 Å². The zero-order chi connectivity index (χ0) is 25.1. The van der Waals surface area contributed by atoms with E-state index >= 15 is 0 Å². The third-order valence-corrected chi connectivity index (χ3v) is 5.94. The van der Waals surface area contributed by atoms with E-state index in [-0.39, 0.29) is 5.91 Å². The number of carbonyl (C=O) groups is 1. The normalized spacial score (nSPS) is 12.7. The summed E-state index contributed by atoms with van der Waals surface area (Å²) < 4.78 is 7.54. The van der Waals surface area contributed by atoms with Gasteiger partial charge in [-0.2, -0.15) is 10.4 Å². The van der Waals surface area contributed by atoms with E-state index in [1.54, 1.807) is 16.8 Å². The van der Waals surface area contributed by atoms with E-state index in [0.29, 0.717) is 40.4 Å². The quantitative estimate of drug-likeness (QED) is 0.388. The molecule has 0 fully saturated rings. The molecule has 2 aromatic heterocycles. The lowest BCUT2D eigenvalue weighted by Crippen LogP contribution is -2.29. The van der Waals surface area contributed by atoms with Crippen LogP contribution in [0.5, 0.6) is 11.5 Å². The van der Waals surface area contributed by atoms with Crippen LogP contribution in [0.1, 0.15) is 11.1 Å². The number of amides is 1. The molecule has 1 aliphatic heterocycles. The number of likely N-dealkylation sites (N-methyl/N-ethyl adjacent to an activating group) is 1. The number of para-hydroxylation sites is 1. The lowest BCUT2D eigenvalue weighted by molar-refractivity contribution is -0.114. The summed E-state index contributed by atoms with van der Waals surface area (Å²) >= 11 is 0. The Balaban J connectivity index is 1.43. The van der Waals surface area contributed by atoms with Gasteiger partial charge in [-0.1, -0.05) is 30.4 Å². The van der Waals surface area contributed by atoms with E-state index in [2.05, 4.69) is 21.8 Å². The Kier molecular flexibility index (Phi) is 6.12.